The molecule has 1 aromatic rings. The van der Waals surface area contributed by atoms with Crippen molar-refractivity contribution >= 4 is 17.7 Å². The van der Waals surface area contributed by atoms with Gasteiger partial charge in [0.05, 0.1) is 5.54 Å². The number of nitrogens with two attached hydrogens (primary N) is 1. The van der Waals surface area contributed by atoms with Crippen molar-refractivity contribution < 1.29 is 4.79 Å². The average molecular weight is 296 g/mol. The summed E-state index contributed by atoms with van der Waals surface area (Å²) in [6, 6.07) is 0.249. The van der Waals surface area contributed by atoms with Gasteiger partial charge in [0.25, 0.3) is 0 Å². The second-order valence-corrected chi connectivity index (χ2v) is 7.17. The molecule has 0 radical (unpaired) electrons. The van der Waals surface area contributed by atoms with E-state index in [1.54, 1.807) is 18.0 Å². The van der Waals surface area contributed by atoms with Gasteiger partial charge in [0.1, 0.15) is 0 Å². The molecule has 20 heavy (non-hydrogen) atoms. The van der Waals surface area contributed by atoms with E-state index in [9.17, 15) is 4.79 Å². The molecule has 2 rings (SSSR count). The molecule has 2 atom stereocenters. The van der Waals surface area contributed by atoms with Crippen molar-refractivity contribution in [2.75, 3.05) is 0 Å². The highest BCUT2D eigenvalue weighted by Crippen LogP contribution is 2.37. The number of aromatic nitrogens is 2. The van der Waals surface area contributed by atoms with Gasteiger partial charge in [0.2, 0.25) is 5.91 Å². The van der Waals surface area contributed by atoms with Crippen LogP contribution in [0.1, 0.15) is 39.5 Å². The smallest absolute Gasteiger partial charge is 0.237 e. The fraction of sp³-hybridized carbons (Fsp3) is 0.714. The Bertz CT molecular complexity index is 473. The third-order valence-corrected chi connectivity index (χ3v) is 5.13. The van der Waals surface area contributed by atoms with Crippen molar-refractivity contribution in [3.63, 3.8) is 0 Å². The van der Waals surface area contributed by atoms with Crippen LogP contribution in [0.5, 0.6) is 0 Å². The molecule has 0 aromatic carbocycles. The first-order valence-electron chi connectivity index (χ1n) is 7.14. The Balaban J connectivity index is 2.09. The van der Waals surface area contributed by atoms with Gasteiger partial charge < -0.3 is 15.6 Å². The topological polar surface area (TPSA) is 72.9 Å². The van der Waals surface area contributed by atoms with Gasteiger partial charge in [-0.25, -0.2) is 4.98 Å². The fourth-order valence-corrected chi connectivity index (χ4v) is 4.22. The van der Waals surface area contributed by atoms with Crippen LogP contribution in [0.3, 0.4) is 0 Å². The summed E-state index contributed by atoms with van der Waals surface area (Å²) in [6.45, 7) is 4.11. The summed E-state index contributed by atoms with van der Waals surface area (Å²) in [5, 5.41) is 4.78. The van der Waals surface area contributed by atoms with E-state index in [4.69, 9.17) is 5.73 Å². The molecule has 0 saturated heterocycles. The number of hydrogen-bond donors (Lipinski definition) is 2. The zero-order valence-electron chi connectivity index (χ0n) is 12.4. The molecule has 1 amide bonds. The molecular formula is C14H24N4OS. The SMILES string of the molecule is CC(C)NC1(C(N)=O)CCCC(Sc2nccn2C)C1. The Hall–Kier alpha value is -1.01. The van der Waals surface area contributed by atoms with Gasteiger partial charge in [0.15, 0.2) is 5.16 Å². The molecule has 112 valence electrons. The van der Waals surface area contributed by atoms with E-state index in [2.05, 4.69) is 24.1 Å². The number of imidazole rings is 1. The molecule has 3 N–H and O–H groups in total. The standard InChI is InChI=1S/C14H24N4OS/c1-10(2)17-14(12(15)19)6-4-5-11(9-14)20-13-16-7-8-18(13)3/h7-8,10-11,17H,4-6,9H2,1-3H3,(H2,15,19). The fourth-order valence-electron chi connectivity index (χ4n) is 2.92. The van der Waals surface area contributed by atoms with Gasteiger partial charge in [-0.2, -0.15) is 0 Å². The number of amides is 1. The molecule has 2 unspecified atom stereocenters. The molecule has 1 heterocycles. The van der Waals surface area contributed by atoms with Crippen LogP contribution in [0.15, 0.2) is 17.6 Å². The molecule has 1 aliphatic rings. The van der Waals surface area contributed by atoms with Crippen molar-refractivity contribution in [2.45, 2.75) is 61.5 Å². The van der Waals surface area contributed by atoms with Crippen LogP contribution in [0.4, 0.5) is 0 Å². The Labute approximate surface area is 124 Å². The van der Waals surface area contributed by atoms with Crippen molar-refractivity contribution in [3.05, 3.63) is 12.4 Å². The van der Waals surface area contributed by atoms with Crippen LogP contribution in [0.25, 0.3) is 0 Å². The van der Waals surface area contributed by atoms with Gasteiger partial charge >= 0.3 is 0 Å². The van der Waals surface area contributed by atoms with E-state index in [-0.39, 0.29) is 11.9 Å². The molecule has 6 heteroatoms. The van der Waals surface area contributed by atoms with Gasteiger partial charge in [-0.15, -0.1) is 0 Å². The number of carbonyl (C=O) groups is 1. The van der Waals surface area contributed by atoms with Crippen LogP contribution in [0, 0.1) is 0 Å². The molecule has 1 aromatic heterocycles. The number of carbonyl (C=O) groups excluding carboxylic acids is 1. The zero-order valence-corrected chi connectivity index (χ0v) is 13.2. The highest BCUT2D eigenvalue weighted by Gasteiger charge is 2.42. The maximum atomic E-state index is 12.0. The van der Waals surface area contributed by atoms with Crippen molar-refractivity contribution in [1.82, 2.24) is 14.9 Å². The Morgan fingerprint density at radius 2 is 2.40 bits per heavy atom. The number of primary amides is 1. The largest absolute Gasteiger partial charge is 0.368 e. The minimum atomic E-state index is -0.560. The summed E-state index contributed by atoms with van der Waals surface area (Å²) in [7, 11) is 1.99. The highest BCUT2D eigenvalue weighted by atomic mass is 32.2. The van der Waals surface area contributed by atoms with Gasteiger partial charge in [-0.05, 0) is 39.5 Å². The molecule has 0 aliphatic heterocycles. The summed E-state index contributed by atoms with van der Waals surface area (Å²) >= 11 is 1.75. The van der Waals surface area contributed by atoms with E-state index in [0.29, 0.717) is 5.25 Å². The number of thioether (sulfide) groups is 1. The number of aryl methyl sites for hydroxylation is 1. The van der Waals surface area contributed by atoms with E-state index >= 15 is 0 Å². The van der Waals surface area contributed by atoms with Crippen LogP contribution in [0.2, 0.25) is 0 Å². The molecule has 1 fully saturated rings. The minimum absolute atomic E-state index is 0.226. The summed E-state index contributed by atoms with van der Waals surface area (Å²) < 4.78 is 2.01. The van der Waals surface area contributed by atoms with Crippen molar-refractivity contribution in [2.24, 2.45) is 12.8 Å². The second kappa shape index (κ2) is 6.18. The Kier molecular flexibility index (Phi) is 4.75. The van der Waals surface area contributed by atoms with Gasteiger partial charge in [-0.1, -0.05) is 11.8 Å². The zero-order chi connectivity index (χ0) is 14.8. The maximum absolute atomic E-state index is 12.0. The lowest BCUT2D eigenvalue weighted by molar-refractivity contribution is -0.126. The van der Waals surface area contributed by atoms with E-state index < -0.39 is 5.54 Å². The summed E-state index contributed by atoms with van der Waals surface area (Å²) in [4.78, 5) is 16.3. The lowest BCUT2D eigenvalue weighted by Gasteiger charge is -2.40. The van der Waals surface area contributed by atoms with E-state index in [1.165, 1.54) is 0 Å². The molecule has 1 aliphatic carbocycles. The third-order valence-electron chi connectivity index (χ3n) is 3.79. The highest BCUT2D eigenvalue weighted by molar-refractivity contribution is 7.99. The predicted molar refractivity (Wildman–Crippen MR) is 81.5 cm³/mol. The molecule has 0 spiro atoms. The van der Waals surface area contributed by atoms with Crippen LogP contribution in [-0.4, -0.2) is 32.3 Å². The maximum Gasteiger partial charge on any atom is 0.237 e. The average Bonchev–Trinajstić information content (AvgIpc) is 2.74. The Morgan fingerprint density at radius 1 is 1.65 bits per heavy atom. The lowest BCUT2D eigenvalue weighted by Crippen LogP contribution is -2.60. The lowest BCUT2D eigenvalue weighted by atomic mass is 9.80. The minimum Gasteiger partial charge on any atom is -0.368 e. The summed E-state index contributed by atoms with van der Waals surface area (Å²) in [6.07, 6.45) is 7.48. The number of nitrogens with one attached hydrogen (secondary N) is 1. The Morgan fingerprint density at radius 3 is 2.95 bits per heavy atom. The first-order chi connectivity index (χ1) is 9.43. The van der Waals surface area contributed by atoms with Crippen LogP contribution >= 0.6 is 11.8 Å². The quantitative estimate of drug-likeness (QED) is 0.867. The number of nitrogens with zero attached hydrogens (tertiary/aromatic N) is 2. The van der Waals surface area contributed by atoms with Gasteiger partial charge in [-0.3, -0.25) is 4.79 Å². The van der Waals surface area contributed by atoms with Gasteiger partial charge in [0, 0.05) is 30.7 Å². The van der Waals surface area contributed by atoms with Crippen LogP contribution < -0.4 is 11.1 Å². The molecule has 1 saturated carbocycles. The second-order valence-electron chi connectivity index (χ2n) is 5.90. The first-order valence-corrected chi connectivity index (χ1v) is 8.02. The predicted octanol–water partition coefficient (Wildman–Crippen LogP) is 1.68. The van der Waals surface area contributed by atoms with Crippen LogP contribution in [-0.2, 0) is 11.8 Å². The molecule has 0 bridgehead atoms. The van der Waals surface area contributed by atoms with E-state index in [1.807, 2.05) is 17.8 Å². The molecule has 5 nitrogen and oxygen atoms in total. The van der Waals surface area contributed by atoms with Crippen molar-refractivity contribution in [1.29, 1.82) is 0 Å². The molecular weight excluding hydrogens is 272 g/mol. The normalized spacial score (nSPS) is 26.9. The summed E-state index contributed by atoms with van der Waals surface area (Å²) in [5.74, 6) is -0.226. The van der Waals surface area contributed by atoms with E-state index in [0.717, 1.165) is 30.8 Å². The number of rotatable bonds is 5. The number of hydrogen-bond acceptors (Lipinski definition) is 4. The monoisotopic (exact) mass is 296 g/mol. The first kappa shape index (κ1) is 15.4. The third kappa shape index (κ3) is 3.35. The van der Waals surface area contributed by atoms with Crippen molar-refractivity contribution in [3.8, 4) is 0 Å². The summed E-state index contributed by atoms with van der Waals surface area (Å²) in [5.41, 5.74) is 5.12.